The van der Waals surface area contributed by atoms with Crippen molar-refractivity contribution in [3.63, 3.8) is 0 Å². The molecule has 1 aromatic heterocycles. The Morgan fingerprint density at radius 1 is 1.38 bits per heavy atom. The molecule has 2 aromatic rings. The zero-order chi connectivity index (χ0) is 9.26. The maximum absolute atomic E-state index is 10.2. The summed E-state index contributed by atoms with van der Waals surface area (Å²) >= 11 is 7.37. The molecule has 0 fully saturated rings. The minimum absolute atomic E-state index is 0.588. The Labute approximate surface area is 84.1 Å². The van der Waals surface area contributed by atoms with Crippen molar-refractivity contribution in [3.8, 4) is 0 Å². The Balaban J connectivity index is 2.70. The van der Waals surface area contributed by atoms with Crippen molar-refractivity contribution in [1.29, 1.82) is 0 Å². The Morgan fingerprint density at radius 3 is 2.92 bits per heavy atom. The number of benzene rings is 1. The largest absolute Gasteiger partial charge is 0.315 e. The number of nitrogens with one attached hydrogen (secondary N) is 1. The third-order valence-electron chi connectivity index (χ3n) is 1.73. The molecule has 4 heteroatoms. The van der Waals surface area contributed by atoms with Gasteiger partial charge in [-0.3, -0.25) is 4.79 Å². The first kappa shape index (κ1) is 8.53. The Hall–Kier alpha value is -1.06. The van der Waals surface area contributed by atoms with Crippen LogP contribution in [-0.4, -0.2) is 6.41 Å². The van der Waals surface area contributed by atoms with Crippen LogP contribution >= 0.6 is 22.9 Å². The first-order chi connectivity index (χ1) is 6.33. The molecule has 1 aromatic carbocycles. The van der Waals surface area contributed by atoms with Gasteiger partial charge in [-0.05, 0) is 6.07 Å². The molecule has 65 valence electrons. The average Bonchev–Trinajstić information content (AvgIpc) is 2.44. The van der Waals surface area contributed by atoms with E-state index in [-0.39, 0.29) is 0 Å². The van der Waals surface area contributed by atoms with Gasteiger partial charge in [0.25, 0.3) is 0 Å². The van der Waals surface area contributed by atoms with Gasteiger partial charge in [0.15, 0.2) is 0 Å². The predicted molar refractivity (Wildman–Crippen MR) is 56.2 cm³/mol. The first-order valence-corrected chi connectivity index (χ1v) is 4.82. The highest BCUT2D eigenvalue weighted by Crippen LogP contribution is 2.38. The standard InChI is InChI=1S/C9H5ClNOS/c10-9-8(11-5-12)6-3-1-2-4-7(6)13-9/h1-4H,(H,11,12). The summed E-state index contributed by atoms with van der Waals surface area (Å²) in [5.41, 5.74) is 0.650. The quantitative estimate of drug-likeness (QED) is 0.759. The lowest BCUT2D eigenvalue weighted by Crippen LogP contribution is -1.91. The van der Waals surface area contributed by atoms with Gasteiger partial charge in [-0.25, -0.2) is 0 Å². The Bertz CT molecular complexity index is 452. The van der Waals surface area contributed by atoms with Gasteiger partial charge < -0.3 is 5.32 Å². The van der Waals surface area contributed by atoms with Gasteiger partial charge >= 0.3 is 6.41 Å². The van der Waals surface area contributed by atoms with E-state index in [1.54, 1.807) is 6.41 Å². The number of thiophene rings is 1. The first-order valence-electron chi connectivity index (χ1n) is 3.63. The maximum Gasteiger partial charge on any atom is 0.314 e. The third kappa shape index (κ3) is 1.41. The molecule has 0 bridgehead atoms. The van der Waals surface area contributed by atoms with Crippen LogP contribution in [0, 0.1) is 0 Å². The molecule has 1 N–H and O–H groups in total. The summed E-state index contributed by atoms with van der Waals surface area (Å²) in [5, 5.41) is 3.43. The van der Waals surface area contributed by atoms with Gasteiger partial charge in [0, 0.05) is 10.1 Å². The number of rotatable bonds is 2. The lowest BCUT2D eigenvalue weighted by atomic mass is 10.2. The third-order valence-corrected chi connectivity index (χ3v) is 3.11. The van der Waals surface area contributed by atoms with Crippen LogP contribution < -0.4 is 5.32 Å². The van der Waals surface area contributed by atoms with Crippen molar-refractivity contribution >= 4 is 45.1 Å². The minimum atomic E-state index is 0.588. The minimum Gasteiger partial charge on any atom is -0.315 e. The molecule has 1 amide bonds. The van der Waals surface area contributed by atoms with E-state index in [1.807, 2.05) is 24.3 Å². The molecule has 0 aliphatic carbocycles. The number of halogens is 1. The van der Waals surface area contributed by atoms with Crippen molar-refractivity contribution < 1.29 is 4.79 Å². The molecule has 2 nitrogen and oxygen atoms in total. The van der Waals surface area contributed by atoms with Crippen LogP contribution in [0.1, 0.15) is 0 Å². The van der Waals surface area contributed by atoms with Gasteiger partial charge in [0.2, 0.25) is 0 Å². The molecule has 0 saturated carbocycles. The molecule has 0 aliphatic rings. The molecule has 0 unspecified atom stereocenters. The molecular weight excluding hydrogens is 206 g/mol. The highest BCUT2D eigenvalue weighted by Gasteiger charge is 2.08. The van der Waals surface area contributed by atoms with E-state index in [2.05, 4.69) is 5.32 Å². The summed E-state index contributed by atoms with van der Waals surface area (Å²) in [7, 11) is 0. The van der Waals surface area contributed by atoms with E-state index < -0.39 is 0 Å². The predicted octanol–water partition coefficient (Wildman–Crippen LogP) is 3.03. The second kappa shape index (κ2) is 3.36. The smallest absolute Gasteiger partial charge is 0.314 e. The summed E-state index contributed by atoms with van der Waals surface area (Å²) in [6.07, 6.45) is 1.63. The van der Waals surface area contributed by atoms with E-state index in [9.17, 15) is 4.79 Å². The van der Waals surface area contributed by atoms with Crippen molar-refractivity contribution in [1.82, 2.24) is 0 Å². The lowest BCUT2D eigenvalue weighted by molar-refractivity contribution is 0.561. The molecule has 0 atom stereocenters. The molecular formula is C9H5ClNOS. The molecule has 1 heterocycles. The number of carbonyl (C=O) groups excluding carboxylic acids is 1. The second-order valence-electron chi connectivity index (χ2n) is 2.47. The number of fused-ring (bicyclic) bond motifs is 1. The molecule has 0 aliphatic heterocycles. The van der Waals surface area contributed by atoms with Crippen LogP contribution in [0.3, 0.4) is 0 Å². The van der Waals surface area contributed by atoms with E-state index in [4.69, 9.17) is 11.6 Å². The van der Waals surface area contributed by atoms with Gasteiger partial charge in [-0.2, -0.15) is 0 Å². The summed E-state index contributed by atoms with van der Waals surface area (Å²) < 4.78 is 1.65. The molecule has 2 rings (SSSR count). The zero-order valence-corrected chi connectivity index (χ0v) is 8.08. The van der Waals surface area contributed by atoms with Gasteiger partial charge in [-0.15, -0.1) is 11.3 Å². The number of hydrogen-bond acceptors (Lipinski definition) is 2. The van der Waals surface area contributed by atoms with Gasteiger partial charge in [0.05, 0.1) is 5.69 Å². The van der Waals surface area contributed by atoms with Crippen LogP contribution in [-0.2, 0) is 4.79 Å². The molecule has 1 radical (unpaired) electrons. The zero-order valence-electron chi connectivity index (χ0n) is 6.50. The van der Waals surface area contributed by atoms with Crippen LogP contribution in [0.15, 0.2) is 24.3 Å². The van der Waals surface area contributed by atoms with Crippen LogP contribution in [0.25, 0.3) is 10.1 Å². The highest BCUT2D eigenvalue weighted by atomic mass is 35.5. The monoisotopic (exact) mass is 210 g/mol. The van der Waals surface area contributed by atoms with Crippen molar-refractivity contribution in [3.05, 3.63) is 28.6 Å². The molecule has 0 spiro atoms. The normalized spacial score (nSPS) is 10.2. The fourth-order valence-corrected chi connectivity index (χ4v) is 2.46. The van der Waals surface area contributed by atoms with Crippen molar-refractivity contribution in [2.75, 3.05) is 5.32 Å². The summed E-state index contributed by atoms with van der Waals surface area (Å²) in [6, 6.07) is 7.71. The van der Waals surface area contributed by atoms with Gasteiger partial charge in [0.1, 0.15) is 4.34 Å². The number of anilines is 1. The van der Waals surface area contributed by atoms with Crippen LogP contribution in [0.5, 0.6) is 0 Å². The van der Waals surface area contributed by atoms with Gasteiger partial charge in [-0.1, -0.05) is 29.8 Å². The number of hydrogen-bond donors (Lipinski definition) is 1. The SMILES string of the molecule is O=[C]Nc1c(Cl)sc2ccccc12. The fraction of sp³-hybridized carbons (Fsp3) is 0. The van der Waals surface area contributed by atoms with Crippen LogP contribution in [0.2, 0.25) is 4.34 Å². The highest BCUT2D eigenvalue weighted by molar-refractivity contribution is 7.23. The number of amides is 1. The summed E-state index contributed by atoms with van der Waals surface area (Å²) in [4.78, 5) is 10.2. The molecule has 0 saturated heterocycles. The van der Waals surface area contributed by atoms with Crippen molar-refractivity contribution in [2.24, 2.45) is 0 Å². The average molecular weight is 211 g/mol. The Morgan fingerprint density at radius 2 is 2.15 bits per heavy atom. The molecule has 13 heavy (non-hydrogen) atoms. The fourth-order valence-electron chi connectivity index (χ4n) is 1.18. The maximum atomic E-state index is 10.2. The summed E-state index contributed by atoms with van der Waals surface area (Å²) in [6.45, 7) is 0. The summed E-state index contributed by atoms with van der Waals surface area (Å²) in [5.74, 6) is 0. The second-order valence-corrected chi connectivity index (χ2v) is 4.13. The van der Waals surface area contributed by atoms with E-state index in [0.717, 1.165) is 10.1 Å². The van der Waals surface area contributed by atoms with E-state index in [1.165, 1.54) is 11.3 Å². The van der Waals surface area contributed by atoms with E-state index >= 15 is 0 Å². The topological polar surface area (TPSA) is 29.1 Å². The lowest BCUT2D eigenvalue weighted by Gasteiger charge is -1.94. The van der Waals surface area contributed by atoms with E-state index in [0.29, 0.717) is 10.0 Å². The van der Waals surface area contributed by atoms with Crippen LogP contribution in [0.4, 0.5) is 5.69 Å². The Kier molecular flexibility index (Phi) is 2.20. The van der Waals surface area contributed by atoms with Crippen molar-refractivity contribution in [2.45, 2.75) is 0 Å².